The summed E-state index contributed by atoms with van der Waals surface area (Å²) in [4.78, 5) is 12.2. The van der Waals surface area contributed by atoms with Crippen LogP contribution in [0, 0.1) is 6.92 Å². The lowest BCUT2D eigenvalue weighted by atomic mass is 10.1. The van der Waals surface area contributed by atoms with Crippen molar-refractivity contribution < 1.29 is 4.79 Å². The Balaban J connectivity index is 1.59. The Bertz CT molecular complexity index is 826. The molecule has 23 heavy (non-hydrogen) atoms. The van der Waals surface area contributed by atoms with Gasteiger partial charge in [-0.1, -0.05) is 18.2 Å². The average Bonchev–Trinajstić information content (AvgIpc) is 2.97. The number of aromatic amines is 1. The van der Waals surface area contributed by atoms with Crippen molar-refractivity contribution in [1.82, 2.24) is 15.4 Å². The maximum absolute atomic E-state index is 12.2. The predicted molar refractivity (Wildman–Crippen MR) is 91.4 cm³/mol. The van der Waals surface area contributed by atoms with Gasteiger partial charge < -0.3 is 10.6 Å². The summed E-state index contributed by atoms with van der Waals surface area (Å²) in [6, 6.07) is 13.5. The number of rotatable bonds is 5. The van der Waals surface area contributed by atoms with E-state index in [1.54, 1.807) is 0 Å². The third-order valence-corrected chi connectivity index (χ3v) is 3.64. The maximum Gasteiger partial charge on any atom is 0.226 e. The van der Waals surface area contributed by atoms with Crippen LogP contribution in [-0.4, -0.2) is 27.4 Å². The van der Waals surface area contributed by atoms with Gasteiger partial charge in [-0.2, -0.15) is 15.4 Å². The van der Waals surface area contributed by atoms with Crippen LogP contribution in [0.1, 0.15) is 18.9 Å². The van der Waals surface area contributed by atoms with Gasteiger partial charge in [0.25, 0.3) is 0 Å². The van der Waals surface area contributed by atoms with Gasteiger partial charge in [0, 0.05) is 23.8 Å². The molecule has 3 aromatic rings. The zero-order valence-electron chi connectivity index (χ0n) is 13.1. The minimum Gasteiger partial charge on any atom is -0.382 e. The molecule has 1 atom stereocenters. The van der Waals surface area contributed by atoms with Gasteiger partial charge in [-0.3, -0.25) is 4.79 Å². The molecule has 0 saturated heterocycles. The van der Waals surface area contributed by atoms with E-state index < -0.39 is 0 Å². The molecule has 0 aliphatic rings. The van der Waals surface area contributed by atoms with Crippen LogP contribution >= 0.6 is 0 Å². The van der Waals surface area contributed by atoms with Gasteiger partial charge >= 0.3 is 0 Å². The number of carbonyl (C=O) groups is 1. The molecule has 0 fully saturated rings. The molecule has 2 aromatic carbocycles. The highest BCUT2D eigenvalue weighted by Gasteiger charge is 2.11. The summed E-state index contributed by atoms with van der Waals surface area (Å²) in [7, 11) is 0. The number of para-hydroxylation sites is 1. The second-order valence-corrected chi connectivity index (χ2v) is 5.64. The van der Waals surface area contributed by atoms with E-state index in [4.69, 9.17) is 0 Å². The Morgan fingerprint density at radius 2 is 1.96 bits per heavy atom. The molecule has 1 amide bonds. The zero-order valence-corrected chi connectivity index (χ0v) is 13.1. The first kappa shape index (κ1) is 15.0. The van der Waals surface area contributed by atoms with Gasteiger partial charge in [0.15, 0.2) is 0 Å². The van der Waals surface area contributed by atoms with Gasteiger partial charge in [0.1, 0.15) is 11.0 Å². The van der Waals surface area contributed by atoms with E-state index in [1.165, 1.54) is 0 Å². The van der Waals surface area contributed by atoms with Gasteiger partial charge in [0.05, 0.1) is 0 Å². The van der Waals surface area contributed by atoms with Gasteiger partial charge in [-0.25, -0.2) is 0 Å². The number of nitrogens with zero attached hydrogens (tertiary/aromatic N) is 2. The molecule has 0 aliphatic heterocycles. The van der Waals surface area contributed by atoms with Crippen LogP contribution in [0.25, 0.3) is 11.0 Å². The Morgan fingerprint density at radius 3 is 2.78 bits per heavy atom. The van der Waals surface area contributed by atoms with Gasteiger partial charge in [-0.15, -0.1) is 0 Å². The van der Waals surface area contributed by atoms with E-state index >= 15 is 0 Å². The number of anilines is 2. The maximum atomic E-state index is 12.2. The standard InChI is InChI=1S/C17H19N5O/c1-11-5-3-4-6-14(11)19-17(23)9-12(2)18-13-7-8-15-16(10-13)21-22-20-15/h3-8,10,12,18H,9H2,1-2H3,(H,19,23)(H,20,21,22). The van der Waals surface area contributed by atoms with E-state index in [2.05, 4.69) is 26.0 Å². The molecule has 0 radical (unpaired) electrons. The molecule has 0 spiro atoms. The molecule has 118 valence electrons. The molecule has 0 aliphatic carbocycles. The Kier molecular flexibility index (Phi) is 4.23. The highest BCUT2D eigenvalue weighted by molar-refractivity contribution is 5.92. The summed E-state index contributed by atoms with van der Waals surface area (Å²) in [6.45, 7) is 3.95. The molecule has 6 nitrogen and oxygen atoms in total. The summed E-state index contributed by atoms with van der Waals surface area (Å²) < 4.78 is 0. The lowest BCUT2D eigenvalue weighted by molar-refractivity contribution is -0.116. The molecule has 3 N–H and O–H groups in total. The number of carbonyl (C=O) groups excluding carboxylic acids is 1. The lowest BCUT2D eigenvalue weighted by Crippen LogP contribution is -2.24. The number of hydrogen-bond acceptors (Lipinski definition) is 4. The van der Waals surface area contributed by atoms with Crippen molar-refractivity contribution >= 4 is 28.3 Å². The van der Waals surface area contributed by atoms with Crippen molar-refractivity contribution in [2.24, 2.45) is 0 Å². The largest absolute Gasteiger partial charge is 0.382 e. The number of hydrogen-bond donors (Lipinski definition) is 3. The van der Waals surface area contributed by atoms with E-state index in [0.717, 1.165) is 28.0 Å². The third-order valence-electron chi connectivity index (χ3n) is 3.64. The van der Waals surface area contributed by atoms with E-state index in [-0.39, 0.29) is 11.9 Å². The molecule has 0 bridgehead atoms. The third kappa shape index (κ3) is 3.66. The van der Waals surface area contributed by atoms with Gasteiger partial charge in [0.2, 0.25) is 5.91 Å². The van der Waals surface area contributed by atoms with Gasteiger partial charge in [-0.05, 0) is 43.7 Å². The average molecular weight is 309 g/mol. The second kappa shape index (κ2) is 6.48. The van der Waals surface area contributed by atoms with Crippen molar-refractivity contribution in [3.63, 3.8) is 0 Å². The molecular weight excluding hydrogens is 290 g/mol. The van der Waals surface area contributed by atoms with Crippen LogP contribution in [0.15, 0.2) is 42.5 Å². The number of amides is 1. The lowest BCUT2D eigenvalue weighted by Gasteiger charge is -2.15. The SMILES string of the molecule is Cc1ccccc1NC(=O)CC(C)Nc1ccc2n[nH]nc2c1. The number of benzene rings is 2. The quantitative estimate of drug-likeness (QED) is 0.676. The summed E-state index contributed by atoms with van der Waals surface area (Å²) in [5, 5.41) is 16.9. The number of aryl methyl sites for hydroxylation is 1. The fraction of sp³-hybridized carbons (Fsp3) is 0.235. The molecule has 1 heterocycles. The Hall–Kier alpha value is -2.89. The van der Waals surface area contributed by atoms with E-state index in [1.807, 2.05) is 56.3 Å². The number of fused-ring (bicyclic) bond motifs is 1. The van der Waals surface area contributed by atoms with Crippen LogP contribution < -0.4 is 10.6 Å². The highest BCUT2D eigenvalue weighted by atomic mass is 16.1. The van der Waals surface area contributed by atoms with Crippen molar-refractivity contribution in [3.8, 4) is 0 Å². The molecule has 1 unspecified atom stereocenters. The fourth-order valence-corrected chi connectivity index (χ4v) is 2.46. The van der Waals surface area contributed by atoms with E-state index in [9.17, 15) is 4.79 Å². The number of aromatic nitrogens is 3. The normalized spacial score (nSPS) is 12.1. The molecule has 0 saturated carbocycles. The van der Waals surface area contributed by atoms with Crippen LogP contribution in [0.4, 0.5) is 11.4 Å². The minimum absolute atomic E-state index is 0.00312. The number of H-pyrrole nitrogens is 1. The topological polar surface area (TPSA) is 82.7 Å². The second-order valence-electron chi connectivity index (χ2n) is 5.64. The summed E-state index contributed by atoms with van der Waals surface area (Å²) >= 11 is 0. The Morgan fingerprint density at radius 1 is 1.17 bits per heavy atom. The first-order valence-electron chi connectivity index (χ1n) is 7.54. The Labute approximate surface area is 134 Å². The van der Waals surface area contributed by atoms with Crippen molar-refractivity contribution in [2.75, 3.05) is 10.6 Å². The van der Waals surface area contributed by atoms with Crippen molar-refractivity contribution in [2.45, 2.75) is 26.3 Å². The van der Waals surface area contributed by atoms with Crippen LogP contribution in [0.2, 0.25) is 0 Å². The van der Waals surface area contributed by atoms with Crippen LogP contribution in [0.3, 0.4) is 0 Å². The smallest absolute Gasteiger partial charge is 0.226 e. The first-order valence-corrected chi connectivity index (χ1v) is 7.54. The predicted octanol–water partition coefficient (Wildman–Crippen LogP) is 3.10. The molecule has 6 heteroatoms. The zero-order chi connectivity index (χ0) is 16.2. The molecule has 3 rings (SSSR count). The highest BCUT2D eigenvalue weighted by Crippen LogP contribution is 2.17. The van der Waals surface area contributed by atoms with Crippen molar-refractivity contribution in [1.29, 1.82) is 0 Å². The minimum atomic E-state index is -0.0122. The fourth-order valence-electron chi connectivity index (χ4n) is 2.46. The molecule has 1 aromatic heterocycles. The van der Waals surface area contributed by atoms with Crippen molar-refractivity contribution in [3.05, 3.63) is 48.0 Å². The number of nitrogens with one attached hydrogen (secondary N) is 3. The first-order chi connectivity index (χ1) is 11.1. The summed E-state index contributed by atoms with van der Waals surface area (Å²) in [5.74, 6) is -0.0122. The van der Waals surface area contributed by atoms with E-state index in [0.29, 0.717) is 6.42 Å². The summed E-state index contributed by atoms with van der Waals surface area (Å²) in [5.41, 5.74) is 4.45. The van der Waals surface area contributed by atoms with Crippen LogP contribution in [-0.2, 0) is 4.79 Å². The van der Waals surface area contributed by atoms with Crippen LogP contribution in [0.5, 0.6) is 0 Å². The summed E-state index contributed by atoms with van der Waals surface area (Å²) in [6.07, 6.45) is 0.380. The molecular formula is C17H19N5O. The monoisotopic (exact) mass is 309 g/mol.